The Labute approximate surface area is 200 Å². The molecule has 3 aromatic heterocycles. The van der Waals surface area contributed by atoms with Gasteiger partial charge in [0, 0.05) is 50.5 Å². The summed E-state index contributed by atoms with van der Waals surface area (Å²) in [5, 5.41) is 6.05. The predicted octanol–water partition coefficient (Wildman–Crippen LogP) is 4.44. The number of benzene rings is 1. The van der Waals surface area contributed by atoms with Crippen LogP contribution >= 0.6 is 11.3 Å². The molecule has 172 valence electrons. The van der Waals surface area contributed by atoms with Crippen molar-refractivity contribution in [3.05, 3.63) is 89.3 Å². The fourth-order valence-corrected chi connectivity index (χ4v) is 4.48. The molecule has 0 atom stereocenters. The van der Waals surface area contributed by atoms with Crippen LogP contribution < -0.4 is 5.32 Å². The van der Waals surface area contributed by atoms with Gasteiger partial charge in [-0.3, -0.25) is 9.69 Å². The van der Waals surface area contributed by atoms with Crippen molar-refractivity contribution in [1.82, 2.24) is 24.8 Å². The van der Waals surface area contributed by atoms with Crippen molar-refractivity contribution in [2.24, 2.45) is 0 Å². The number of hydrogen-bond donors (Lipinski definition) is 1. The van der Waals surface area contributed by atoms with Gasteiger partial charge in [-0.1, -0.05) is 24.3 Å². The van der Waals surface area contributed by atoms with Gasteiger partial charge in [-0.25, -0.2) is 19.3 Å². The number of anilines is 2. The molecule has 0 aliphatic carbocycles. The summed E-state index contributed by atoms with van der Waals surface area (Å²) in [6.07, 6.45) is 3.62. The minimum Gasteiger partial charge on any atom is -0.336 e. The molecule has 4 heterocycles. The van der Waals surface area contributed by atoms with Crippen LogP contribution in [0.2, 0.25) is 0 Å². The zero-order valence-corrected chi connectivity index (χ0v) is 19.2. The lowest BCUT2D eigenvalue weighted by molar-refractivity contribution is 0.0624. The fourth-order valence-electron chi connectivity index (χ4n) is 3.87. The number of nitrogens with zero attached hydrogens (tertiary/aromatic N) is 5. The Balaban J connectivity index is 1.15. The number of carbonyl (C=O) groups is 1. The first kappa shape index (κ1) is 22.1. The third-order valence-corrected chi connectivity index (χ3v) is 6.45. The third-order valence-electron chi connectivity index (χ3n) is 5.65. The number of carbonyl (C=O) groups excluding carboxylic acids is 1. The van der Waals surface area contributed by atoms with Crippen molar-refractivity contribution in [2.45, 2.75) is 6.54 Å². The lowest BCUT2D eigenvalue weighted by Crippen LogP contribution is -2.48. The van der Waals surface area contributed by atoms with Crippen molar-refractivity contribution in [3.8, 4) is 10.7 Å². The third kappa shape index (κ3) is 5.11. The molecule has 0 bridgehead atoms. The summed E-state index contributed by atoms with van der Waals surface area (Å²) in [6, 6.07) is 15.9. The topological polar surface area (TPSA) is 74.2 Å². The van der Waals surface area contributed by atoms with Crippen molar-refractivity contribution in [2.75, 3.05) is 31.5 Å². The van der Waals surface area contributed by atoms with Crippen LogP contribution in [0, 0.1) is 5.82 Å². The van der Waals surface area contributed by atoms with Crippen LogP contribution in [0.25, 0.3) is 10.7 Å². The van der Waals surface area contributed by atoms with E-state index in [1.54, 1.807) is 34.6 Å². The quantitative estimate of drug-likeness (QED) is 0.445. The molecule has 1 fully saturated rings. The highest BCUT2D eigenvalue weighted by Gasteiger charge is 2.23. The Morgan fingerprint density at radius 2 is 1.82 bits per heavy atom. The van der Waals surface area contributed by atoms with Crippen molar-refractivity contribution < 1.29 is 9.18 Å². The molecular weight excluding hydrogens is 451 g/mol. The second-order valence-corrected chi connectivity index (χ2v) is 8.86. The zero-order valence-electron chi connectivity index (χ0n) is 18.4. The average Bonchev–Trinajstić information content (AvgIpc) is 3.41. The van der Waals surface area contributed by atoms with Crippen LogP contribution in [0.15, 0.2) is 72.4 Å². The highest BCUT2D eigenvalue weighted by atomic mass is 32.1. The summed E-state index contributed by atoms with van der Waals surface area (Å²) in [5.74, 6) is 0.707. The maximum absolute atomic E-state index is 13.9. The Morgan fingerprint density at radius 1 is 0.971 bits per heavy atom. The minimum atomic E-state index is -0.472. The van der Waals surface area contributed by atoms with Gasteiger partial charge in [-0.2, -0.15) is 0 Å². The Hall–Kier alpha value is -3.69. The van der Waals surface area contributed by atoms with E-state index in [1.807, 2.05) is 41.9 Å². The largest absolute Gasteiger partial charge is 0.336 e. The number of amides is 1. The summed E-state index contributed by atoms with van der Waals surface area (Å²) in [7, 11) is 0. The normalized spacial score (nSPS) is 14.2. The lowest BCUT2D eigenvalue weighted by atomic mass is 10.1. The number of hydrogen-bond acceptors (Lipinski definition) is 7. The van der Waals surface area contributed by atoms with Gasteiger partial charge in [-0.05, 0) is 35.9 Å². The van der Waals surface area contributed by atoms with Crippen molar-refractivity contribution >= 4 is 28.9 Å². The van der Waals surface area contributed by atoms with E-state index in [9.17, 15) is 9.18 Å². The van der Waals surface area contributed by atoms with Gasteiger partial charge >= 0.3 is 0 Å². The molecule has 7 nitrogen and oxygen atoms in total. The van der Waals surface area contributed by atoms with E-state index in [0.717, 1.165) is 35.9 Å². The van der Waals surface area contributed by atoms with Crippen molar-refractivity contribution in [3.63, 3.8) is 0 Å². The van der Waals surface area contributed by atoms with Gasteiger partial charge < -0.3 is 10.2 Å². The van der Waals surface area contributed by atoms with Crippen LogP contribution in [-0.4, -0.2) is 56.8 Å². The molecule has 0 radical (unpaired) electrons. The van der Waals surface area contributed by atoms with E-state index in [4.69, 9.17) is 0 Å². The SMILES string of the molecule is O=C(c1ccccc1F)N1CCN(Cc2ccc(Nc3cccc(-c4nccs4)n3)nc2)CC1. The summed E-state index contributed by atoms with van der Waals surface area (Å²) < 4.78 is 13.9. The van der Waals surface area contributed by atoms with Gasteiger partial charge in [0.05, 0.1) is 5.56 Å². The van der Waals surface area contributed by atoms with Crippen LogP contribution in [-0.2, 0) is 6.54 Å². The molecule has 4 aromatic rings. The maximum Gasteiger partial charge on any atom is 0.256 e. The molecule has 1 amide bonds. The van der Waals surface area contributed by atoms with Crippen LogP contribution in [0.4, 0.5) is 16.0 Å². The molecule has 0 saturated carbocycles. The first-order valence-corrected chi connectivity index (χ1v) is 11.9. The molecule has 1 aliphatic heterocycles. The summed E-state index contributed by atoms with van der Waals surface area (Å²) >= 11 is 1.55. The number of rotatable bonds is 6. The zero-order chi connectivity index (χ0) is 23.3. The van der Waals surface area contributed by atoms with E-state index >= 15 is 0 Å². The molecule has 0 spiro atoms. The second-order valence-electron chi connectivity index (χ2n) is 7.97. The molecule has 34 heavy (non-hydrogen) atoms. The molecule has 1 aromatic carbocycles. The van der Waals surface area contributed by atoms with E-state index in [1.165, 1.54) is 12.1 Å². The first-order chi connectivity index (χ1) is 16.7. The number of halogens is 1. The van der Waals surface area contributed by atoms with Crippen LogP contribution in [0.1, 0.15) is 15.9 Å². The van der Waals surface area contributed by atoms with Crippen molar-refractivity contribution in [1.29, 1.82) is 0 Å². The molecule has 1 aliphatic rings. The summed E-state index contributed by atoms with van der Waals surface area (Å²) in [4.78, 5) is 30.0. The minimum absolute atomic E-state index is 0.134. The van der Waals surface area contributed by atoms with Gasteiger partial charge in [-0.15, -0.1) is 11.3 Å². The number of thiazole rings is 1. The van der Waals surface area contributed by atoms with Gasteiger partial charge in [0.25, 0.3) is 5.91 Å². The predicted molar refractivity (Wildman–Crippen MR) is 130 cm³/mol. The first-order valence-electron chi connectivity index (χ1n) is 11.0. The number of piperazine rings is 1. The van der Waals surface area contributed by atoms with Crippen LogP contribution in [0.3, 0.4) is 0 Å². The van der Waals surface area contributed by atoms with E-state index in [-0.39, 0.29) is 11.5 Å². The Kier molecular flexibility index (Phi) is 6.55. The van der Waals surface area contributed by atoms with Gasteiger partial charge in [0.2, 0.25) is 0 Å². The Morgan fingerprint density at radius 3 is 2.56 bits per heavy atom. The number of pyridine rings is 2. The van der Waals surface area contributed by atoms with Gasteiger partial charge in [0.15, 0.2) is 0 Å². The molecule has 9 heteroatoms. The monoisotopic (exact) mass is 474 g/mol. The fraction of sp³-hybridized carbons (Fsp3) is 0.200. The molecule has 5 rings (SSSR count). The smallest absolute Gasteiger partial charge is 0.256 e. The highest BCUT2D eigenvalue weighted by Crippen LogP contribution is 2.22. The summed E-state index contributed by atoms with van der Waals surface area (Å²) in [6.45, 7) is 3.34. The Bertz CT molecular complexity index is 1260. The molecule has 0 unspecified atom stereocenters. The van der Waals surface area contributed by atoms with E-state index in [2.05, 4.69) is 25.2 Å². The maximum atomic E-state index is 13.9. The van der Waals surface area contributed by atoms with Crippen LogP contribution in [0.5, 0.6) is 0 Å². The molecule has 1 N–H and O–H groups in total. The number of aromatic nitrogens is 3. The summed E-state index contributed by atoms with van der Waals surface area (Å²) in [5.41, 5.74) is 2.04. The average molecular weight is 475 g/mol. The van der Waals surface area contributed by atoms with E-state index < -0.39 is 5.82 Å². The highest BCUT2D eigenvalue weighted by molar-refractivity contribution is 7.13. The number of nitrogens with one attached hydrogen (secondary N) is 1. The molecule has 1 saturated heterocycles. The second kappa shape index (κ2) is 10.1. The standard InChI is InChI=1S/C25H23FN6OS/c26-20-5-2-1-4-19(20)25(33)32-13-11-31(12-14-32)17-18-8-9-22(28-16-18)30-23-7-3-6-21(29-23)24-27-10-15-34-24/h1-10,15-16H,11-14,17H2,(H,28,29,30). The van der Waals surface area contributed by atoms with Gasteiger partial charge in [0.1, 0.15) is 28.2 Å². The lowest BCUT2D eigenvalue weighted by Gasteiger charge is -2.34. The molecular formula is C25H23FN6OS. The van der Waals surface area contributed by atoms with E-state index in [0.29, 0.717) is 24.7 Å².